The molecule has 0 saturated carbocycles. The van der Waals surface area contributed by atoms with Gasteiger partial charge in [-0.2, -0.15) is 4.31 Å². The first-order valence-corrected chi connectivity index (χ1v) is 12.1. The molecular formula is C22H26N6O5S. The van der Waals surface area contributed by atoms with Crippen LogP contribution in [0, 0.1) is 17.0 Å². The third-order valence-corrected chi connectivity index (χ3v) is 7.53. The molecule has 1 atom stereocenters. The number of hydrogen-bond donors (Lipinski definition) is 1. The van der Waals surface area contributed by atoms with Gasteiger partial charge in [0.1, 0.15) is 0 Å². The lowest BCUT2D eigenvalue weighted by Gasteiger charge is -2.19. The van der Waals surface area contributed by atoms with Gasteiger partial charge < -0.3 is 5.32 Å². The number of nitro benzene ring substituents is 1. The van der Waals surface area contributed by atoms with Crippen LogP contribution in [0.1, 0.15) is 48.6 Å². The predicted octanol–water partition coefficient (Wildman–Crippen LogP) is 3.01. The molecule has 0 aliphatic rings. The van der Waals surface area contributed by atoms with Crippen molar-refractivity contribution < 1.29 is 18.1 Å². The van der Waals surface area contributed by atoms with Crippen molar-refractivity contribution in [3.05, 3.63) is 75.6 Å². The Hall–Kier alpha value is -3.64. The summed E-state index contributed by atoms with van der Waals surface area (Å²) in [6, 6.07) is 11.8. The number of non-ortho nitro benzene ring substituents is 1. The Bertz CT molecular complexity index is 1300. The van der Waals surface area contributed by atoms with Crippen molar-refractivity contribution in [2.24, 2.45) is 0 Å². The quantitative estimate of drug-likeness (QED) is 0.362. The fourth-order valence-corrected chi connectivity index (χ4v) is 4.97. The molecule has 0 spiro atoms. The van der Waals surface area contributed by atoms with Crippen molar-refractivity contribution in [3.8, 4) is 5.69 Å². The van der Waals surface area contributed by atoms with Crippen LogP contribution in [0.5, 0.6) is 0 Å². The lowest BCUT2D eigenvalue weighted by Crippen LogP contribution is -2.30. The lowest BCUT2D eigenvalue weighted by molar-refractivity contribution is -0.384. The zero-order chi connectivity index (χ0) is 25.0. The second-order valence-electron chi connectivity index (χ2n) is 7.57. The van der Waals surface area contributed by atoms with Gasteiger partial charge in [-0.1, -0.05) is 37.3 Å². The zero-order valence-electron chi connectivity index (χ0n) is 19.3. The van der Waals surface area contributed by atoms with E-state index in [-0.39, 0.29) is 16.3 Å². The van der Waals surface area contributed by atoms with E-state index >= 15 is 0 Å². The van der Waals surface area contributed by atoms with Crippen molar-refractivity contribution in [2.45, 2.75) is 38.6 Å². The van der Waals surface area contributed by atoms with E-state index in [2.05, 4.69) is 15.6 Å². The second kappa shape index (κ2) is 10.1. The van der Waals surface area contributed by atoms with Gasteiger partial charge in [-0.15, -0.1) is 5.10 Å². The number of hydrogen-bond acceptors (Lipinski definition) is 7. The Labute approximate surface area is 197 Å². The van der Waals surface area contributed by atoms with Crippen LogP contribution in [0.15, 0.2) is 53.4 Å². The number of aromatic nitrogens is 3. The molecule has 0 aliphatic heterocycles. The van der Waals surface area contributed by atoms with Gasteiger partial charge in [0.05, 0.1) is 27.2 Å². The maximum Gasteiger partial charge on any atom is 0.274 e. The highest BCUT2D eigenvalue weighted by molar-refractivity contribution is 7.89. The monoisotopic (exact) mass is 486 g/mol. The van der Waals surface area contributed by atoms with Crippen LogP contribution in [-0.2, 0) is 10.0 Å². The summed E-state index contributed by atoms with van der Waals surface area (Å²) in [5.41, 5.74) is 1.54. The van der Waals surface area contributed by atoms with Crippen LogP contribution in [0.4, 0.5) is 5.69 Å². The molecule has 0 fully saturated rings. The molecule has 0 aliphatic carbocycles. The molecule has 12 heteroatoms. The zero-order valence-corrected chi connectivity index (χ0v) is 20.1. The van der Waals surface area contributed by atoms with Gasteiger partial charge >= 0.3 is 0 Å². The summed E-state index contributed by atoms with van der Waals surface area (Å²) in [6.07, 6.45) is 0. The molecule has 0 bridgehead atoms. The first-order chi connectivity index (χ1) is 16.1. The number of nitro groups is 1. The number of benzene rings is 2. The molecule has 34 heavy (non-hydrogen) atoms. The van der Waals surface area contributed by atoms with Gasteiger partial charge in [-0.05, 0) is 37.6 Å². The number of nitrogens with one attached hydrogen (secondary N) is 1. The number of amides is 1. The molecule has 0 saturated heterocycles. The predicted molar refractivity (Wildman–Crippen MR) is 125 cm³/mol. The van der Waals surface area contributed by atoms with Crippen molar-refractivity contribution in [1.82, 2.24) is 24.6 Å². The maximum absolute atomic E-state index is 12.8. The molecule has 1 heterocycles. The first kappa shape index (κ1) is 25.0. The van der Waals surface area contributed by atoms with Crippen molar-refractivity contribution in [2.75, 3.05) is 13.1 Å². The van der Waals surface area contributed by atoms with Crippen LogP contribution in [0.25, 0.3) is 5.69 Å². The van der Waals surface area contributed by atoms with Gasteiger partial charge in [-0.3, -0.25) is 14.9 Å². The Balaban J connectivity index is 1.77. The summed E-state index contributed by atoms with van der Waals surface area (Å²) in [5.74, 6) is -0.471. The normalized spacial score (nSPS) is 12.5. The molecule has 1 amide bonds. The summed E-state index contributed by atoms with van der Waals surface area (Å²) in [5, 5.41) is 21.8. The van der Waals surface area contributed by atoms with Crippen molar-refractivity contribution >= 4 is 21.6 Å². The fraction of sp³-hybridized carbons (Fsp3) is 0.318. The summed E-state index contributed by atoms with van der Waals surface area (Å²) in [6.45, 7) is 7.73. The molecule has 3 rings (SSSR count). The highest BCUT2D eigenvalue weighted by Crippen LogP contribution is 2.21. The van der Waals surface area contributed by atoms with E-state index < -0.39 is 26.9 Å². The molecule has 3 aromatic rings. The van der Waals surface area contributed by atoms with Gasteiger partial charge in [-0.25, -0.2) is 13.1 Å². The first-order valence-electron chi connectivity index (χ1n) is 10.7. The lowest BCUT2D eigenvalue weighted by atomic mass is 10.1. The van der Waals surface area contributed by atoms with Crippen LogP contribution in [-0.4, -0.2) is 51.6 Å². The Morgan fingerprint density at radius 3 is 2.41 bits per heavy atom. The fourth-order valence-electron chi connectivity index (χ4n) is 3.51. The van der Waals surface area contributed by atoms with E-state index in [0.29, 0.717) is 24.5 Å². The van der Waals surface area contributed by atoms with Gasteiger partial charge in [0.2, 0.25) is 10.0 Å². The third-order valence-electron chi connectivity index (χ3n) is 5.47. The van der Waals surface area contributed by atoms with E-state index in [1.54, 1.807) is 45.9 Å². The third kappa shape index (κ3) is 4.97. The summed E-state index contributed by atoms with van der Waals surface area (Å²) in [4.78, 5) is 23.5. The molecule has 1 N–H and O–H groups in total. The van der Waals surface area contributed by atoms with Crippen molar-refractivity contribution in [3.63, 3.8) is 0 Å². The average Bonchev–Trinajstić information content (AvgIpc) is 3.21. The van der Waals surface area contributed by atoms with Gasteiger partial charge in [0, 0.05) is 25.2 Å². The largest absolute Gasteiger partial charge is 0.344 e. The minimum absolute atomic E-state index is 0.0825. The second-order valence-corrected chi connectivity index (χ2v) is 9.50. The average molecular weight is 487 g/mol. The van der Waals surface area contributed by atoms with E-state index in [0.717, 1.165) is 5.56 Å². The Kier molecular flexibility index (Phi) is 7.42. The number of carbonyl (C=O) groups excluding carboxylic acids is 1. The van der Waals surface area contributed by atoms with Gasteiger partial charge in [0.15, 0.2) is 5.69 Å². The van der Waals surface area contributed by atoms with Crippen LogP contribution >= 0.6 is 0 Å². The highest BCUT2D eigenvalue weighted by atomic mass is 32.2. The van der Waals surface area contributed by atoms with Crippen LogP contribution in [0.2, 0.25) is 0 Å². The summed E-state index contributed by atoms with van der Waals surface area (Å²) >= 11 is 0. The Morgan fingerprint density at radius 2 is 1.82 bits per heavy atom. The highest BCUT2D eigenvalue weighted by Gasteiger charge is 2.23. The van der Waals surface area contributed by atoms with E-state index in [4.69, 9.17) is 0 Å². The number of rotatable bonds is 9. The van der Waals surface area contributed by atoms with E-state index in [1.807, 2.05) is 0 Å². The summed E-state index contributed by atoms with van der Waals surface area (Å²) < 4.78 is 28.0. The van der Waals surface area contributed by atoms with Crippen molar-refractivity contribution in [1.29, 1.82) is 0 Å². The number of sulfonamides is 1. The Morgan fingerprint density at radius 1 is 1.18 bits per heavy atom. The topological polar surface area (TPSA) is 140 Å². The number of nitrogens with zero attached hydrogens (tertiary/aromatic N) is 5. The standard InChI is InChI=1S/C22H26N6O5S/c1-5-26(6-2)34(32,33)20-12-10-17(11-13-20)15(3)23-22(29)21-16(4)27(25-24-21)18-8-7-9-19(14-18)28(30)31/h7-15H,5-6H2,1-4H3,(H,23,29). The molecular weight excluding hydrogens is 460 g/mol. The minimum Gasteiger partial charge on any atom is -0.344 e. The minimum atomic E-state index is -3.56. The molecule has 1 unspecified atom stereocenters. The molecule has 180 valence electrons. The number of carbonyl (C=O) groups is 1. The van der Waals surface area contributed by atoms with Gasteiger partial charge in [0.25, 0.3) is 11.6 Å². The maximum atomic E-state index is 12.8. The summed E-state index contributed by atoms with van der Waals surface area (Å²) in [7, 11) is -3.56. The van der Waals surface area contributed by atoms with E-state index in [1.165, 1.54) is 39.3 Å². The molecule has 1 aromatic heterocycles. The molecule has 2 aromatic carbocycles. The van der Waals surface area contributed by atoms with Crippen LogP contribution < -0.4 is 5.32 Å². The smallest absolute Gasteiger partial charge is 0.274 e. The SMILES string of the molecule is CCN(CC)S(=O)(=O)c1ccc(C(C)NC(=O)c2nnn(-c3cccc([N+](=O)[O-])c3)c2C)cc1. The van der Waals surface area contributed by atoms with Crippen LogP contribution in [0.3, 0.4) is 0 Å². The molecule has 0 radical (unpaired) electrons. The van der Waals surface area contributed by atoms with E-state index in [9.17, 15) is 23.3 Å². The molecule has 11 nitrogen and oxygen atoms in total.